The van der Waals surface area contributed by atoms with Crippen LogP contribution in [0.3, 0.4) is 0 Å². The third-order valence-electron chi connectivity index (χ3n) is 3.35. The summed E-state index contributed by atoms with van der Waals surface area (Å²) in [4.78, 5) is 0. The van der Waals surface area contributed by atoms with Gasteiger partial charge in [0.25, 0.3) is 0 Å². The van der Waals surface area contributed by atoms with Crippen molar-refractivity contribution in [2.75, 3.05) is 6.54 Å². The zero-order valence-corrected chi connectivity index (χ0v) is 10.6. The second kappa shape index (κ2) is 4.65. The van der Waals surface area contributed by atoms with Crippen molar-refractivity contribution >= 4 is 0 Å². The average Bonchev–Trinajstić information content (AvgIpc) is 2.81. The summed E-state index contributed by atoms with van der Waals surface area (Å²) in [6, 6.07) is 0.625. The van der Waals surface area contributed by atoms with Gasteiger partial charge in [0.2, 0.25) is 0 Å². The van der Waals surface area contributed by atoms with Crippen molar-refractivity contribution in [1.29, 1.82) is 0 Å². The fraction of sp³-hybridized carbons (Fsp3) is 1.00. The van der Waals surface area contributed by atoms with Crippen LogP contribution >= 0.6 is 0 Å². The predicted molar refractivity (Wildman–Crippen MR) is 63.4 cm³/mol. The second-order valence-electron chi connectivity index (χ2n) is 6.06. The van der Waals surface area contributed by atoms with E-state index in [4.69, 9.17) is 0 Å². The summed E-state index contributed by atoms with van der Waals surface area (Å²) in [5.41, 5.74) is 0.554. The zero-order chi connectivity index (χ0) is 10.8. The van der Waals surface area contributed by atoms with E-state index in [0.717, 1.165) is 11.8 Å². The predicted octanol–water partition coefficient (Wildman–Crippen LogP) is 3.45. The molecule has 0 saturated heterocycles. The lowest BCUT2D eigenvalue weighted by atomic mass is 9.77. The Balaban J connectivity index is 2.43. The summed E-state index contributed by atoms with van der Waals surface area (Å²) in [5.74, 6) is 1.82. The first-order valence-electron chi connectivity index (χ1n) is 6.17. The molecule has 1 aliphatic rings. The minimum atomic E-state index is 0.554. The molecular formula is C13H27N. The lowest BCUT2D eigenvalue weighted by Gasteiger charge is -2.33. The van der Waals surface area contributed by atoms with E-state index in [1.807, 2.05) is 0 Å². The molecule has 0 aromatic heterocycles. The highest BCUT2D eigenvalue weighted by Crippen LogP contribution is 2.48. The maximum Gasteiger partial charge on any atom is 0.00106 e. The lowest BCUT2D eigenvalue weighted by molar-refractivity contribution is 0.201. The molecule has 0 aromatic rings. The summed E-state index contributed by atoms with van der Waals surface area (Å²) in [7, 11) is 0. The van der Waals surface area contributed by atoms with Gasteiger partial charge in [-0.05, 0) is 36.5 Å². The Morgan fingerprint density at radius 1 is 1.21 bits per heavy atom. The molecule has 0 heterocycles. The van der Waals surface area contributed by atoms with Gasteiger partial charge in [-0.25, -0.2) is 0 Å². The third-order valence-corrected chi connectivity index (χ3v) is 3.35. The van der Waals surface area contributed by atoms with Gasteiger partial charge in [-0.3, -0.25) is 0 Å². The molecule has 0 aromatic carbocycles. The first-order chi connectivity index (χ1) is 6.44. The van der Waals surface area contributed by atoms with Crippen molar-refractivity contribution in [3.63, 3.8) is 0 Å². The van der Waals surface area contributed by atoms with Crippen LogP contribution in [0.4, 0.5) is 0 Å². The maximum absolute atomic E-state index is 3.61. The highest BCUT2D eigenvalue weighted by molar-refractivity contribution is 4.93. The lowest BCUT2D eigenvalue weighted by Crippen LogP contribution is -2.38. The number of hydrogen-bond donors (Lipinski definition) is 1. The molecule has 0 radical (unpaired) electrons. The molecule has 1 nitrogen and oxygen atoms in total. The van der Waals surface area contributed by atoms with Crippen LogP contribution < -0.4 is 5.32 Å². The van der Waals surface area contributed by atoms with Crippen LogP contribution in [0.2, 0.25) is 0 Å². The van der Waals surface area contributed by atoms with Crippen LogP contribution in [0.5, 0.6) is 0 Å². The molecule has 1 fully saturated rings. The van der Waals surface area contributed by atoms with Gasteiger partial charge in [0.15, 0.2) is 0 Å². The van der Waals surface area contributed by atoms with E-state index in [2.05, 4.69) is 39.9 Å². The molecular weight excluding hydrogens is 170 g/mol. The van der Waals surface area contributed by atoms with Crippen molar-refractivity contribution < 1.29 is 0 Å². The molecule has 84 valence electrons. The smallest absolute Gasteiger partial charge is 0.00106 e. The molecule has 1 atom stereocenters. The van der Waals surface area contributed by atoms with Crippen molar-refractivity contribution in [3.8, 4) is 0 Å². The van der Waals surface area contributed by atoms with Gasteiger partial charge in [0, 0.05) is 12.6 Å². The van der Waals surface area contributed by atoms with E-state index in [1.165, 1.54) is 25.8 Å². The number of hydrogen-bond acceptors (Lipinski definition) is 1. The van der Waals surface area contributed by atoms with Gasteiger partial charge < -0.3 is 5.32 Å². The van der Waals surface area contributed by atoms with Crippen molar-refractivity contribution in [3.05, 3.63) is 0 Å². The highest BCUT2D eigenvalue weighted by atomic mass is 14.9. The second-order valence-corrected chi connectivity index (χ2v) is 6.06. The Hall–Kier alpha value is -0.0400. The van der Waals surface area contributed by atoms with Crippen molar-refractivity contribution in [2.45, 2.75) is 59.9 Å². The number of nitrogens with one attached hydrogen (secondary N) is 1. The Labute approximate surface area is 89.7 Å². The molecule has 1 rings (SSSR count). The van der Waals surface area contributed by atoms with Crippen LogP contribution in [0.25, 0.3) is 0 Å². The van der Waals surface area contributed by atoms with Gasteiger partial charge >= 0.3 is 0 Å². The maximum atomic E-state index is 3.61. The van der Waals surface area contributed by atoms with Crippen LogP contribution in [-0.4, -0.2) is 12.6 Å². The molecule has 0 spiro atoms. The average molecular weight is 197 g/mol. The van der Waals surface area contributed by atoms with Crippen LogP contribution in [0.1, 0.15) is 53.9 Å². The van der Waals surface area contributed by atoms with Crippen LogP contribution in [0.15, 0.2) is 0 Å². The third kappa shape index (κ3) is 3.61. The Bertz CT molecular complexity index is 170. The zero-order valence-electron chi connectivity index (χ0n) is 10.6. The van der Waals surface area contributed by atoms with Crippen molar-refractivity contribution in [2.24, 2.45) is 17.3 Å². The Kier molecular flexibility index (Phi) is 4.00. The van der Waals surface area contributed by atoms with Gasteiger partial charge in [-0.2, -0.15) is 0 Å². The van der Waals surface area contributed by atoms with Crippen LogP contribution in [0, 0.1) is 17.3 Å². The molecule has 1 N–H and O–H groups in total. The first kappa shape index (κ1) is 12.0. The Morgan fingerprint density at radius 2 is 1.79 bits per heavy atom. The molecule has 1 aliphatic carbocycles. The van der Waals surface area contributed by atoms with Gasteiger partial charge in [-0.1, -0.05) is 34.6 Å². The molecule has 0 amide bonds. The molecule has 0 bridgehead atoms. The summed E-state index contributed by atoms with van der Waals surface area (Å²) >= 11 is 0. The summed E-state index contributed by atoms with van der Waals surface area (Å²) in [6.07, 6.45) is 4.30. The fourth-order valence-corrected chi connectivity index (χ4v) is 2.53. The normalized spacial score (nSPS) is 21.6. The molecule has 1 heteroatoms. The summed E-state index contributed by atoms with van der Waals surface area (Å²) < 4.78 is 0. The van der Waals surface area contributed by atoms with E-state index in [0.29, 0.717) is 11.5 Å². The monoisotopic (exact) mass is 197 g/mol. The molecule has 14 heavy (non-hydrogen) atoms. The quantitative estimate of drug-likeness (QED) is 0.688. The minimum Gasteiger partial charge on any atom is -0.314 e. The first-order valence-corrected chi connectivity index (χ1v) is 6.17. The number of rotatable bonds is 6. The topological polar surface area (TPSA) is 12.0 Å². The molecule has 1 unspecified atom stereocenters. The van der Waals surface area contributed by atoms with E-state index in [-0.39, 0.29) is 0 Å². The van der Waals surface area contributed by atoms with Gasteiger partial charge in [0.1, 0.15) is 0 Å². The summed E-state index contributed by atoms with van der Waals surface area (Å²) in [5, 5.41) is 3.61. The van der Waals surface area contributed by atoms with E-state index >= 15 is 0 Å². The largest absolute Gasteiger partial charge is 0.314 e. The van der Waals surface area contributed by atoms with Gasteiger partial charge in [-0.15, -0.1) is 0 Å². The SMILES string of the molecule is CC(C)CC(C)(CNC(C)C)C1CC1. The molecule has 0 aliphatic heterocycles. The van der Waals surface area contributed by atoms with Crippen molar-refractivity contribution in [1.82, 2.24) is 5.32 Å². The van der Waals surface area contributed by atoms with Crippen LogP contribution in [-0.2, 0) is 0 Å². The fourth-order valence-electron chi connectivity index (χ4n) is 2.53. The molecule has 1 saturated carbocycles. The van der Waals surface area contributed by atoms with E-state index in [9.17, 15) is 0 Å². The van der Waals surface area contributed by atoms with E-state index in [1.54, 1.807) is 0 Å². The minimum absolute atomic E-state index is 0.554. The standard InChI is InChI=1S/C13H27N/c1-10(2)8-13(5,12-6-7-12)9-14-11(3)4/h10-12,14H,6-9H2,1-5H3. The Morgan fingerprint density at radius 3 is 2.14 bits per heavy atom. The van der Waals surface area contributed by atoms with E-state index < -0.39 is 0 Å². The van der Waals surface area contributed by atoms with Gasteiger partial charge in [0.05, 0.1) is 0 Å². The highest BCUT2D eigenvalue weighted by Gasteiger charge is 2.41. The summed E-state index contributed by atoms with van der Waals surface area (Å²) in [6.45, 7) is 12.8.